The number of hydrogen-bond acceptors (Lipinski definition) is 7. The molecular weight excluding hydrogens is 312 g/mol. The van der Waals surface area contributed by atoms with E-state index in [9.17, 15) is 13.8 Å². The van der Waals surface area contributed by atoms with Crippen molar-refractivity contribution in [3.05, 3.63) is 22.7 Å². The van der Waals surface area contributed by atoms with Crippen molar-refractivity contribution >= 4 is 25.3 Å². The van der Waals surface area contributed by atoms with Gasteiger partial charge in [-0.1, -0.05) is 0 Å². The summed E-state index contributed by atoms with van der Waals surface area (Å²) in [5.74, 6) is -0.00963. The van der Waals surface area contributed by atoms with Crippen LogP contribution in [-0.2, 0) is 13.8 Å². The first-order chi connectivity index (χ1) is 9.43. The molecule has 2 rings (SSSR count). The molecule has 3 N–H and O–H groups in total. The number of nitrogen functional groups attached to an aromatic ring is 1. The standard InChI is InChI=1S/C9H11FN3O5PS/c10-6-7(18-19(16)20)4(3-14)17-8(6)13-2-1-5(11)12-9(13)15/h1-2,4,6-8,14H,3H2,(H2-,11,12,15,16,20)/p+1/t4-,6?,7?,8-/m1/s1. The normalized spacial score (nSPS) is 30.4. The number of ether oxygens (including phenoxy) is 1. The van der Waals surface area contributed by atoms with Crippen LogP contribution in [0.4, 0.5) is 10.2 Å². The third kappa shape index (κ3) is 2.99. The number of anilines is 1. The summed E-state index contributed by atoms with van der Waals surface area (Å²) in [5.41, 5.74) is 4.53. The summed E-state index contributed by atoms with van der Waals surface area (Å²) >= 11 is 3.53. The Labute approximate surface area is 118 Å². The molecule has 110 valence electrons. The molecule has 0 spiro atoms. The number of nitrogens with zero attached hydrogens (tertiary/aromatic N) is 2. The number of hydrogen-bond donors (Lipinski definition) is 3. The van der Waals surface area contributed by atoms with Crippen LogP contribution in [0.5, 0.6) is 0 Å². The molecule has 0 bridgehead atoms. The SMILES string of the molecule is Nc1ccn([C@@H]2O[C@H](CO)C(O[P+](=O)S)C2F)c(=O)n1. The lowest BCUT2D eigenvalue weighted by Crippen LogP contribution is -2.34. The zero-order chi connectivity index (χ0) is 14.9. The zero-order valence-electron chi connectivity index (χ0n) is 10.00. The Morgan fingerprint density at radius 2 is 2.40 bits per heavy atom. The van der Waals surface area contributed by atoms with E-state index in [-0.39, 0.29) is 5.82 Å². The Bertz CT molecular complexity index is 573. The molecule has 0 aliphatic carbocycles. The van der Waals surface area contributed by atoms with Crippen LogP contribution in [-0.4, -0.2) is 39.6 Å². The van der Waals surface area contributed by atoms with Crippen molar-refractivity contribution in [3.63, 3.8) is 0 Å². The largest absolute Gasteiger partial charge is 0.582 e. The van der Waals surface area contributed by atoms with E-state index in [0.717, 1.165) is 4.57 Å². The minimum Gasteiger partial charge on any atom is -0.394 e. The van der Waals surface area contributed by atoms with Crippen molar-refractivity contribution in [2.45, 2.75) is 24.6 Å². The highest BCUT2D eigenvalue weighted by molar-refractivity contribution is 8.39. The van der Waals surface area contributed by atoms with E-state index in [1.54, 1.807) is 0 Å². The predicted octanol–water partition coefficient (Wildman–Crippen LogP) is 0.0257. The highest BCUT2D eigenvalue weighted by atomic mass is 32.7. The van der Waals surface area contributed by atoms with Crippen molar-refractivity contribution in [2.24, 2.45) is 0 Å². The molecule has 0 saturated carbocycles. The Morgan fingerprint density at radius 1 is 1.70 bits per heavy atom. The van der Waals surface area contributed by atoms with Gasteiger partial charge in [-0.05, 0) is 10.6 Å². The van der Waals surface area contributed by atoms with E-state index < -0.39 is 44.1 Å². The monoisotopic (exact) mass is 324 g/mol. The first-order valence-electron chi connectivity index (χ1n) is 5.52. The summed E-state index contributed by atoms with van der Waals surface area (Å²) in [6.07, 6.45) is -4.30. The maximum absolute atomic E-state index is 14.3. The van der Waals surface area contributed by atoms with E-state index in [0.29, 0.717) is 0 Å². The second-order valence-electron chi connectivity index (χ2n) is 4.04. The van der Waals surface area contributed by atoms with Crippen molar-refractivity contribution in [1.82, 2.24) is 9.55 Å². The minimum atomic E-state index is -2.38. The maximum atomic E-state index is 14.3. The summed E-state index contributed by atoms with van der Waals surface area (Å²) in [7, 11) is -2.38. The van der Waals surface area contributed by atoms with Gasteiger partial charge in [-0.2, -0.15) is 4.98 Å². The first-order valence-corrected chi connectivity index (χ1v) is 7.85. The van der Waals surface area contributed by atoms with Gasteiger partial charge in [0.15, 0.2) is 18.5 Å². The molecule has 11 heteroatoms. The van der Waals surface area contributed by atoms with Gasteiger partial charge < -0.3 is 15.6 Å². The molecule has 20 heavy (non-hydrogen) atoms. The fourth-order valence-corrected chi connectivity index (χ4v) is 2.70. The molecule has 5 atom stereocenters. The number of thiol groups is 1. The molecule has 1 aromatic rings. The van der Waals surface area contributed by atoms with Crippen LogP contribution < -0.4 is 11.4 Å². The molecule has 0 amide bonds. The van der Waals surface area contributed by atoms with Gasteiger partial charge in [-0.15, -0.1) is 4.52 Å². The van der Waals surface area contributed by atoms with E-state index >= 15 is 0 Å². The van der Waals surface area contributed by atoms with Crippen molar-refractivity contribution in [1.29, 1.82) is 0 Å². The van der Waals surface area contributed by atoms with Gasteiger partial charge >= 0.3 is 12.9 Å². The maximum Gasteiger partial charge on any atom is 0.582 e. The van der Waals surface area contributed by atoms with Crippen molar-refractivity contribution < 1.29 is 23.3 Å². The summed E-state index contributed by atoms with van der Waals surface area (Å²) in [6.45, 7) is -0.560. The third-order valence-corrected chi connectivity index (χ3v) is 3.49. The lowest BCUT2D eigenvalue weighted by Gasteiger charge is -2.15. The second kappa shape index (κ2) is 6.15. The molecule has 0 aromatic carbocycles. The lowest BCUT2D eigenvalue weighted by molar-refractivity contribution is -0.0462. The number of rotatable bonds is 4. The fraction of sp³-hybridized carbons (Fsp3) is 0.556. The number of alkyl halides is 1. The van der Waals surface area contributed by atoms with E-state index in [1.807, 2.05) is 0 Å². The number of aromatic nitrogens is 2. The average Bonchev–Trinajstić information content (AvgIpc) is 2.67. The van der Waals surface area contributed by atoms with Crippen LogP contribution in [0, 0.1) is 0 Å². The van der Waals surface area contributed by atoms with Gasteiger partial charge in [0.2, 0.25) is 0 Å². The average molecular weight is 324 g/mol. The van der Waals surface area contributed by atoms with Crippen LogP contribution >= 0.6 is 19.5 Å². The predicted molar refractivity (Wildman–Crippen MR) is 70.3 cm³/mol. The van der Waals surface area contributed by atoms with Crippen molar-refractivity contribution in [3.8, 4) is 0 Å². The molecule has 2 heterocycles. The number of nitrogens with two attached hydrogens (primary N) is 1. The van der Waals surface area contributed by atoms with Gasteiger partial charge in [0.05, 0.1) is 6.61 Å². The molecule has 1 aliphatic heterocycles. The Balaban J connectivity index is 2.29. The highest BCUT2D eigenvalue weighted by Gasteiger charge is 2.50. The number of halogens is 1. The molecule has 1 aromatic heterocycles. The number of aliphatic hydroxyl groups is 1. The number of aliphatic hydroxyl groups excluding tert-OH is 1. The summed E-state index contributed by atoms with van der Waals surface area (Å²) in [4.78, 5) is 15.1. The Morgan fingerprint density at radius 3 is 2.95 bits per heavy atom. The van der Waals surface area contributed by atoms with E-state index in [2.05, 4.69) is 17.2 Å². The van der Waals surface area contributed by atoms with E-state index in [1.165, 1.54) is 12.3 Å². The molecule has 1 fully saturated rings. The van der Waals surface area contributed by atoms with Crippen LogP contribution in [0.1, 0.15) is 6.23 Å². The smallest absolute Gasteiger partial charge is 0.394 e. The molecule has 1 aliphatic rings. The summed E-state index contributed by atoms with van der Waals surface area (Å²) in [6, 6.07) is 1.30. The lowest BCUT2D eigenvalue weighted by atomic mass is 10.1. The highest BCUT2D eigenvalue weighted by Crippen LogP contribution is 2.39. The summed E-state index contributed by atoms with van der Waals surface area (Å²) in [5, 5.41) is 9.13. The van der Waals surface area contributed by atoms with Gasteiger partial charge in [-0.25, -0.2) is 9.18 Å². The minimum absolute atomic E-state index is 0.00963. The van der Waals surface area contributed by atoms with Crippen LogP contribution in [0.15, 0.2) is 17.1 Å². The zero-order valence-corrected chi connectivity index (χ0v) is 11.8. The summed E-state index contributed by atoms with van der Waals surface area (Å²) < 4.78 is 36.1. The first kappa shape index (κ1) is 15.3. The topological polar surface area (TPSA) is 117 Å². The van der Waals surface area contributed by atoms with Gasteiger partial charge in [0.25, 0.3) is 0 Å². The van der Waals surface area contributed by atoms with Gasteiger partial charge in [0, 0.05) is 6.20 Å². The van der Waals surface area contributed by atoms with Crippen molar-refractivity contribution in [2.75, 3.05) is 12.3 Å². The molecule has 0 radical (unpaired) electrons. The third-order valence-electron chi connectivity index (χ3n) is 2.78. The molecule has 3 unspecified atom stereocenters. The fourth-order valence-electron chi connectivity index (χ4n) is 1.91. The van der Waals surface area contributed by atoms with Crippen LogP contribution in [0.25, 0.3) is 0 Å². The molecular formula is C9H12FN3O5PS+. The Kier molecular flexibility index (Phi) is 4.71. The van der Waals surface area contributed by atoms with E-state index in [4.69, 9.17) is 20.1 Å². The van der Waals surface area contributed by atoms with Crippen LogP contribution in [0.3, 0.4) is 0 Å². The molecule has 1 saturated heterocycles. The van der Waals surface area contributed by atoms with Crippen LogP contribution in [0.2, 0.25) is 0 Å². The Hall–Kier alpha value is -1.06. The second-order valence-corrected chi connectivity index (χ2v) is 5.71. The quantitative estimate of drug-likeness (QED) is 0.528. The van der Waals surface area contributed by atoms with Gasteiger partial charge in [-0.3, -0.25) is 4.57 Å². The molecule has 8 nitrogen and oxygen atoms in total. The van der Waals surface area contributed by atoms with Gasteiger partial charge in [0.1, 0.15) is 24.2 Å².